The third kappa shape index (κ3) is 4.81. The van der Waals surface area contributed by atoms with Crippen molar-refractivity contribution in [2.45, 2.75) is 51.9 Å². The number of hydrogen-bond donors (Lipinski definition) is 1. The molecular formula is C15H25N3O3. The quantitative estimate of drug-likeness (QED) is 0.826. The zero-order valence-electron chi connectivity index (χ0n) is 12.8. The largest absolute Gasteiger partial charge is 0.396 e. The highest BCUT2D eigenvalue weighted by Crippen LogP contribution is 2.17. The summed E-state index contributed by atoms with van der Waals surface area (Å²) < 4.78 is 5.16. The van der Waals surface area contributed by atoms with Crippen LogP contribution in [0.4, 0.5) is 0 Å². The van der Waals surface area contributed by atoms with Gasteiger partial charge in [0.15, 0.2) is 5.82 Å². The molecule has 0 saturated carbocycles. The molecule has 6 nitrogen and oxygen atoms in total. The van der Waals surface area contributed by atoms with E-state index in [0.29, 0.717) is 25.3 Å². The smallest absolute Gasteiger partial charge is 0.226 e. The third-order valence-corrected chi connectivity index (χ3v) is 3.89. The Hall–Kier alpha value is -1.43. The van der Waals surface area contributed by atoms with E-state index in [-0.39, 0.29) is 18.4 Å². The van der Waals surface area contributed by atoms with Gasteiger partial charge in [0.25, 0.3) is 0 Å². The van der Waals surface area contributed by atoms with Crippen molar-refractivity contribution in [3.63, 3.8) is 0 Å². The molecule has 0 aliphatic carbocycles. The molecule has 1 atom stereocenters. The predicted molar refractivity (Wildman–Crippen MR) is 77.6 cm³/mol. The number of aryl methyl sites for hydroxylation is 2. The zero-order valence-corrected chi connectivity index (χ0v) is 12.8. The van der Waals surface area contributed by atoms with E-state index >= 15 is 0 Å². The third-order valence-electron chi connectivity index (χ3n) is 3.89. The number of carbonyl (C=O) groups is 1. The van der Waals surface area contributed by atoms with Crippen LogP contribution < -0.4 is 0 Å². The maximum Gasteiger partial charge on any atom is 0.226 e. The number of likely N-dealkylation sites (tertiary alicyclic amines) is 1. The molecule has 2 rings (SSSR count). The summed E-state index contributed by atoms with van der Waals surface area (Å²) >= 11 is 0. The lowest BCUT2D eigenvalue weighted by Crippen LogP contribution is -2.40. The first-order valence-electron chi connectivity index (χ1n) is 7.93. The summed E-state index contributed by atoms with van der Waals surface area (Å²) in [7, 11) is 0. The molecule has 0 spiro atoms. The highest BCUT2D eigenvalue weighted by molar-refractivity contribution is 5.76. The van der Waals surface area contributed by atoms with Gasteiger partial charge in [-0.25, -0.2) is 0 Å². The molecule has 0 aromatic carbocycles. The molecule has 21 heavy (non-hydrogen) atoms. The van der Waals surface area contributed by atoms with Crippen LogP contribution in [0.2, 0.25) is 0 Å². The molecule has 1 N–H and O–H groups in total. The Morgan fingerprint density at radius 1 is 1.48 bits per heavy atom. The molecule has 1 aromatic heterocycles. The Bertz CT molecular complexity index is 447. The van der Waals surface area contributed by atoms with Gasteiger partial charge in [0.05, 0.1) is 0 Å². The fraction of sp³-hybridized carbons (Fsp3) is 0.800. The topological polar surface area (TPSA) is 79.5 Å². The minimum Gasteiger partial charge on any atom is -0.396 e. The Labute approximate surface area is 125 Å². The van der Waals surface area contributed by atoms with Gasteiger partial charge in [0.1, 0.15) is 0 Å². The number of hydrogen-bond acceptors (Lipinski definition) is 5. The molecule has 1 aliphatic rings. The second-order valence-electron chi connectivity index (χ2n) is 5.74. The lowest BCUT2D eigenvalue weighted by Gasteiger charge is -2.31. The van der Waals surface area contributed by atoms with Crippen LogP contribution in [0.15, 0.2) is 4.52 Å². The summed E-state index contributed by atoms with van der Waals surface area (Å²) in [4.78, 5) is 18.3. The number of aromatic nitrogens is 2. The van der Waals surface area contributed by atoms with E-state index in [1.165, 1.54) is 0 Å². The van der Waals surface area contributed by atoms with E-state index in [4.69, 9.17) is 4.52 Å². The van der Waals surface area contributed by atoms with Crippen molar-refractivity contribution in [1.82, 2.24) is 15.0 Å². The molecular weight excluding hydrogens is 270 g/mol. The van der Waals surface area contributed by atoms with Crippen molar-refractivity contribution < 1.29 is 14.4 Å². The Kier molecular flexibility index (Phi) is 6.17. The van der Waals surface area contributed by atoms with Crippen molar-refractivity contribution in [2.24, 2.45) is 5.92 Å². The predicted octanol–water partition coefficient (Wildman–Crippen LogP) is 1.58. The normalized spacial score (nSPS) is 19.0. The van der Waals surface area contributed by atoms with Crippen molar-refractivity contribution in [2.75, 3.05) is 19.7 Å². The van der Waals surface area contributed by atoms with Crippen LogP contribution >= 0.6 is 0 Å². The fourth-order valence-corrected chi connectivity index (χ4v) is 2.71. The lowest BCUT2D eigenvalue weighted by atomic mass is 9.98. The van der Waals surface area contributed by atoms with Crippen molar-refractivity contribution in [3.05, 3.63) is 11.7 Å². The van der Waals surface area contributed by atoms with E-state index in [0.717, 1.165) is 44.5 Å². The monoisotopic (exact) mass is 295 g/mol. The average molecular weight is 295 g/mol. The van der Waals surface area contributed by atoms with Crippen molar-refractivity contribution in [3.8, 4) is 0 Å². The molecule has 0 bridgehead atoms. The Balaban J connectivity index is 1.70. The van der Waals surface area contributed by atoms with Gasteiger partial charge in [-0.3, -0.25) is 4.79 Å². The second kappa shape index (κ2) is 8.12. The minimum absolute atomic E-state index is 0.168. The zero-order chi connectivity index (χ0) is 15.1. The van der Waals surface area contributed by atoms with E-state index in [1.54, 1.807) is 0 Å². The Morgan fingerprint density at radius 3 is 3.10 bits per heavy atom. The van der Waals surface area contributed by atoms with E-state index in [1.807, 2.05) is 4.90 Å². The summed E-state index contributed by atoms with van der Waals surface area (Å²) in [6, 6.07) is 0. The Morgan fingerprint density at radius 2 is 2.33 bits per heavy atom. The van der Waals surface area contributed by atoms with Crippen LogP contribution in [0, 0.1) is 5.92 Å². The van der Waals surface area contributed by atoms with E-state index in [9.17, 15) is 9.90 Å². The van der Waals surface area contributed by atoms with Gasteiger partial charge in [-0.05, 0) is 31.6 Å². The van der Waals surface area contributed by atoms with Crippen molar-refractivity contribution >= 4 is 5.91 Å². The molecule has 6 heteroatoms. The minimum atomic E-state index is 0.168. The van der Waals surface area contributed by atoms with Gasteiger partial charge in [0.2, 0.25) is 11.8 Å². The molecule has 2 heterocycles. The number of amides is 1. The maximum atomic E-state index is 12.1. The summed E-state index contributed by atoms with van der Waals surface area (Å²) in [6.07, 6.45) is 5.72. The number of aliphatic hydroxyl groups excluding tert-OH is 1. The summed E-state index contributed by atoms with van der Waals surface area (Å²) in [6.45, 7) is 3.76. The summed E-state index contributed by atoms with van der Waals surface area (Å²) in [5.74, 6) is 1.79. The van der Waals surface area contributed by atoms with Gasteiger partial charge in [-0.2, -0.15) is 4.98 Å². The number of carbonyl (C=O) groups excluding carboxylic acids is 1. The average Bonchev–Trinajstić information content (AvgIpc) is 2.95. The number of piperidine rings is 1. The lowest BCUT2D eigenvalue weighted by molar-refractivity contribution is -0.133. The number of rotatable bonds is 7. The molecule has 1 saturated heterocycles. The summed E-state index contributed by atoms with van der Waals surface area (Å²) in [5.41, 5.74) is 0. The van der Waals surface area contributed by atoms with E-state index in [2.05, 4.69) is 17.1 Å². The van der Waals surface area contributed by atoms with Crippen LogP contribution in [0.1, 0.15) is 50.7 Å². The first kappa shape index (κ1) is 15.9. The molecule has 1 unspecified atom stereocenters. The van der Waals surface area contributed by atoms with Crippen LogP contribution in [-0.4, -0.2) is 45.8 Å². The molecule has 0 radical (unpaired) electrons. The van der Waals surface area contributed by atoms with Crippen LogP contribution in [0.25, 0.3) is 0 Å². The molecule has 1 aromatic rings. The first-order chi connectivity index (χ1) is 10.2. The number of aliphatic hydroxyl groups is 1. The van der Waals surface area contributed by atoms with E-state index < -0.39 is 0 Å². The van der Waals surface area contributed by atoms with Gasteiger partial charge in [0, 0.05) is 39.0 Å². The second-order valence-corrected chi connectivity index (χ2v) is 5.74. The first-order valence-corrected chi connectivity index (χ1v) is 7.93. The molecule has 1 aliphatic heterocycles. The SMILES string of the molecule is CCCc1noc(CCCC(=O)N2CCCC(CO)C2)n1. The fourth-order valence-electron chi connectivity index (χ4n) is 2.71. The maximum absolute atomic E-state index is 12.1. The van der Waals surface area contributed by atoms with Crippen LogP contribution in [-0.2, 0) is 17.6 Å². The van der Waals surface area contributed by atoms with Gasteiger partial charge >= 0.3 is 0 Å². The standard InChI is InChI=1S/C15H25N3O3/c1-2-5-13-16-14(21-17-13)7-3-8-15(20)18-9-4-6-12(10-18)11-19/h12,19H,2-11H2,1H3. The molecule has 118 valence electrons. The molecule has 1 amide bonds. The van der Waals surface area contributed by atoms with Crippen molar-refractivity contribution in [1.29, 1.82) is 0 Å². The van der Waals surface area contributed by atoms with Gasteiger partial charge in [-0.15, -0.1) is 0 Å². The highest BCUT2D eigenvalue weighted by atomic mass is 16.5. The van der Waals surface area contributed by atoms with Crippen LogP contribution in [0.5, 0.6) is 0 Å². The molecule has 1 fully saturated rings. The van der Waals surface area contributed by atoms with Gasteiger partial charge in [-0.1, -0.05) is 12.1 Å². The van der Waals surface area contributed by atoms with Crippen LogP contribution in [0.3, 0.4) is 0 Å². The summed E-state index contributed by atoms with van der Waals surface area (Å²) in [5, 5.41) is 13.1. The van der Waals surface area contributed by atoms with Gasteiger partial charge < -0.3 is 14.5 Å². The highest BCUT2D eigenvalue weighted by Gasteiger charge is 2.22. The number of nitrogens with zero attached hydrogens (tertiary/aromatic N) is 3.